The molecule has 2 unspecified atom stereocenters. The standard InChI is InChI=1S/C17H18N4O3/c1-9-8-12-15(18-9)20-14(11-6-4-3-5-7-11)21-16(12)19-13(10(2)22)17(23)24/h3-8,10,13,22H,1-2H3,(H,23,24)(H2,18,19,20,21). The number of fused-ring (bicyclic) bond motifs is 1. The Hall–Kier alpha value is -2.93. The summed E-state index contributed by atoms with van der Waals surface area (Å²) in [6.07, 6.45) is -1.08. The molecule has 0 saturated heterocycles. The molecule has 0 radical (unpaired) electrons. The molecule has 0 saturated carbocycles. The summed E-state index contributed by atoms with van der Waals surface area (Å²) in [5, 5.41) is 22.5. The van der Waals surface area contributed by atoms with Crippen molar-refractivity contribution in [3.63, 3.8) is 0 Å². The number of hydrogen-bond acceptors (Lipinski definition) is 5. The third-order valence-electron chi connectivity index (χ3n) is 3.69. The lowest BCUT2D eigenvalue weighted by Gasteiger charge is -2.18. The van der Waals surface area contributed by atoms with Crippen molar-refractivity contribution >= 4 is 22.8 Å². The van der Waals surface area contributed by atoms with Gasteiger partial charge in [0.25, 0.3) is 0 Å². The van der Waals surface area contributed by atoms with Crippen LogP contribution in [0.3, 0.4) is 0 Å². The second-order valence-corrected chi connectivity index (χ2v) is 5.68. The molecule has 1 aromatic carbocycles. The Balaban J connectivity index is 2.13. The average molecular weight is 326 g/mol. The fraction of sp³-hybridized carbons (Fsp3) is 0.235. The van der Waals surface area contributed by atoms with Gasteiger partial charge in [-0.1, -0.05) is 30.3 Å². The number of nitrogens with zero attached hydrogens (tertiary/aromatic N) is 2. The molecule has 0 aliphatic rings. The van der Waals surface area contributed by atoms with E-state index in [2.05, 4.69) is 20.3 Å². The number of rotatable bonds is 5. The molecular weight excluding hydrogens is 308 g/mol. The number of benzene rings is 1. The van der Waals surface area contributed by atoms with E-state index in [9.17, 15) is 15.0 Å². The summed E-state index contributed by atoms with van der Waals surface area (Å²) in [4.78, 5) is 23.5. The number of carbonyl (C=O) groups is 1. The van der Waals surface area contributed by atoms with Crippen LogP contribution in [0.1, 0.15) is 12.6 Å². The molecule has 7 nitrogen and oxygen atoms in total. The van der Waals surface area contributed by atoms with Gasteiger partial charge in [0.15, 0.2) is 11.9 Å². The predicted octanol–water partition coefficient (Wildman–Crippen LogP) is 2.18. The van der Waals surface area contributed by atoms with Gasteiger partial charge < -0.3 is 20.5 Å². The highest BCUT2D eigenvalue weighted by atomic mass is 16.4. The van der Waals surface area contributed by atoms with E-state index < -0.39 is 18.1 Å². The lowest BCUT2D eigenvalue weighted by Crippen LogP contribution is -2.39. The van der Waals surface area contributed by atoms with E-state index in [0.717, 1.165) is 11.3 Å². The van der Waals surface area contributed by atoms with Crippen LogP contribution in [-0.4, -0.2) is 43.3 Å². The highest BCUT2D eigenvalue weighted by molar-refractivity contribution is 5.91. The zero-order valence-electron chi connectivity index (χ0n) is 13.3. The van der Waals surface area contributed by atoms with Crippen LogP contribution in [0.4, 0.5) is 5.82 Å². The SMILES string of the molecule is Cc1cc2c(NC(C(=O)O)C(C)O)nc(-c3ccccc3)nc2[nH]1. The number of carboxylic acids is 1. The van der Waals surface area contributed by atoms with Gasteiger partial charge in [0.1, 0.15) is 11.5 Å². The van der Waals surface area contributed by atoms with Crippen LogP contribution in [0.2, 0.25) is 0 Å². The minimum atomic E-state index is -1.16. The molecule has 0 amide bonds. The van der Waals surface area contributed by atoms with Gasteiger partial charge in [0, 0.05) is 11.3 Å². The van der Waals surface area contributed by atoms with E-state index in [4.69, 9.17) is 0 Å². The third kappa shape index (κ3) is 3.07. The molecule has 124 valence electrons. The number of anilines is 1. The molecule has 4 N–H and O–H groups in total. The van der Waals surface area contributed by atoms with E-state index in [1.165, 1.54) is 6.92 Å². The van der Waals surface area contributed by atoms with E-state index in [1.807, 2.05) is 43.3 Å². The highest BCUT2D eigenvalue weighted by Gasteiger charge is 2.25. The van der Waals surface area contributed by atoms with Gasteiger partial charge in [-0.3, -0.25) is 0 Å². The lowest BCUT2D eigenvalue weighted by molar-refractivity contribution is -0.140. The number of aromatic amines is 1. The van der Waals surface area contributed by atoms with Crippen LogP contribution in [0.15, 0.2) is 36.4 Å². The maximum Gasteiger partial charge on any atom is 0.328 e. The first-order valence-corrected chi connectivity index (χ1v) is 7.56. The summed E-state index contributed by atoms with van der Waals surface area (Å²) >= 11 is 0. The van der Waals surface area contributed by atoms with Gasteiger partial charge >= 0.3 is 5.97 Å². The second-order valence-electron chi connectivity index (χ2n) is 5.68. The fourth-order valence-electron chi connectivity index (χ4n) is 2.50. The summed E-state index contributed by atoms with van der Waals surface area (Å²) in [6, 6.07) is 10.1. The molecule has 2 aromatic heterocycles. The van der Waals surface area contributed by atoms with Gasteiger partial charge in [-0.2, -0.15) is 0 Å². The minimum absolute atomic E-state index is 0.372. The summed E-state index contributed by atoms with van der Waals surface area (Å²) < 4.78 is 0. The van der Waals surface area contributed by atoms with Crippen molar-refractivity contribution < 1.29 is 15.0 Å². The predicted molar refractivity (Wildman–Crippen MR) is 90.8 cm³/mol. The Morgan fingerprint density at radius 2 is 1.96 bits per heavy atom. The molecule has 2 heterocycles. The zero-order valence-corrected chi connectivity index (χ0v) is 13.3. The van der Waals surface area contributed by atoms with E-state index in [1.54, 1.807) is 0 Å². The number of aromatic nitrogens is 3. The van der Waals surface area contributed by atoms with Crippen LogP contribution < -0.4 is 5.32 Å². The van der Waals surface area contributed by atoms with Gasteiger partial charge in [-0.05, 0) is 19.9 Å². The maximum absolute atomic E-state index is 11.4. The second kappa shape index (κ2) is 6.29. The molecule has 0 aliphatic carbocycles. The van der Waals surface area contributed by atoms with Crippen LogP contribution in [0.5, 0.6) is 0 Å². The Kier molecular flexibility index (Phi) is 4.18. The normalized spacial score (nSPS) is 13.6. The first-order valence-electron chi connectivity index (χ1n) is 7.56. The van der Waals surface area contributed by atoms with E-state index in [0.29, 0.717) is 22.7 Å². The first kappa shape index (κ1) is 15.9. The summed E-state index contributed by atoms with van der Waals surface area (Å²) in [7, 11) is 0. The summed E-state index contributed by atoms with van der Waals surface area (Å²) in [5.74, 6) is -0.302. The van der Waals surface area contributed by atoms with Crippen molar-refractivity contribution in [2.75, 3.05) is 5.32 Å². The number of aliphatic hydroxyl groups is 1. The van der Waals surface area contributed by atoms with Crippen molar-refractivity contribution in [2.45, 2.75) is 26.0 Å². The van der Waals surface area contributed by atoms with E-state index >= 15 is 0 Å². The molecular formula is C17H18N4O3. The molecule has 0 aliphatic heterocycles. The maximum atomic E-state index is 11.4. The molecule has 0 fully saturated rings. The smallest absolute Gasteiger partial charge is 0.328 e. The summed E-state index contributed by atoms with van der Waals surface area (Å²) in [5.41, 5.74) is 2.31. The third-order valence-corrected chi connectivity index (χ3v) is 3.69. The van der Waals surface area contributed by atoms with Crippen molar-refractivity contribution in [3.05, 3.63) is 42.1 Å². The molecule has 24 heavy (non-hydrogen) atoms. The average Bonchev–Trinajstić information content (AvgIpc) is 2.92. The molecule has 2 atom stereocenters. The quantitative estimate of drug-likeness (QED) is 0.572. The Bertz CT molecular complexity index is 874. The van der Waals surface area contributed by atoms with Crippen molar-refractivity contribution in [1.82, 2.24) is 15.0 Å². The fourth-order valence-corrected chi connectivity index (χ4v) is 2.50. The summed E-state index contributed by atoms with van der Waals surface area (Å²) in [6.45, 7) is 3.31. The van der Waals surface area contributed by atoms with Crippen LogP contribution in [0, 0.1) is 6.92 Å². The van der Waals surface area contributed by atoms with Crippen molar-refractivity contribution in [1.29, 1.82) is 0 Å². The number of aliphatic hydroxyl groups excluding tert-OH is 1. The van der Waals surface area contributed by atoms with Crippen molar-refractivity contribution in [3.8, 4) is 11.4 Å². The van der Waals surface area contributed by atoms with Crippen LogP contribution in [0.25, 0.3) is 22.4 Å². The highest BCUT2D eigenvalue weighted by Crippen LogP contribution is 2.26. The molecule has 0 spiro atoms. The number of aryl methyl sites for hydroxylation is 1. The topological polar surface area (TPSA) is 111 Å². The molecule has 7 heteroatoms. The Morgan fingerprint density at radius 3 is 2.58 bits per heavy atom. The van der Waals surface area contributed by atoms with Crippen LogP contribution in [-0.2, 0) is 4.79 Å². The van der Waals surface area contributed by atoms with E-state index in [-0.39, 0.29) is 0 Å². The zero-order chi connectivity index (χ0) is 17.3. The van der Waals surface area contributed by atoms with Gasteiger partial charge in [0.2, 0.25) is 0 Å². The first-order chi connectivity index (χ1) is 11.5. The largest absolute Gasteiger partial charge is 0.480 e. The Morgan fingerprint density at radius 1 is 1.25 bits per heavy atom. The number of H-pyrrole nitrogens is 1. The lowest BCUT2D eigenvalue weighted by atomic mass is 10.1. The van der Waals surface area contributed by atoms with Gasteiger partial charge in [-0.25, -0.2) is 14.8 Å². The number of nitrogens with one attached hydrogen (secondary N) is 2. The Labute approximate surface area is 138 Å². The number of hydrogen-bond donors (Lipinski definition) is 4. The molecule has 3 rings (SSSR count). The van der Waals surface area contributed by atoms with Gasteiger partial charge in [-0.15, -0.1) is 0 Å². The molecule has 3 aromatic rings. The minimum Gasteiger partial charge on any atom is -0.480 e. The number of aliphatic carboxylic acids is 1. The van der Waals surface area contributed by atoms with Gasteiger partial charge in [0.05, 0.1) is 11.5 Å². The number of carboxylic acid groups (broad SMARTS) is 1. The van der Waals surface area contributed by atoms with Crippen molar-refractivity contribution in [2.24, 2.45) is 0 Å². The molecule has 0 bridgehead atoms. The monoisotopic (exact) mass is 326 g/mol. The van der Waals surface area contributed by atoms with Crippen LogP contribution >= 0.6 is 0 Å².